The third kappa shape index (κ3) is 5.33. The number of amides is 1. The minimum Gasteiger partial charge on any atom is -0.342 e. The van der Waals surface area contributed by atoms with E-state index >= 15 is 0 Å². The van der Waals surface area contributed by atoms with E-state index in [0.29, 0.717) is 6.04 Å². The highest BCUT2D eigenvalue weighted by molar-refractivity contribution is 5.81. The van der Waals surface area contributed by atoms with Gasteiger partial charge in [0.25, 0.3) is 0 Å². The molecule has 0 saturated heterocycles. The van der Waals surface area contributed by atoms with Gasteiger partial charge in [-0.1, -0.05) is 30.3 Å². The first-order chi connectivity index (χ1) is 9.58. The summed E-state index contributed by atoms with van der Waals surface area (Å²) in [6.45, 7) is 9.70. The number of benzene rings is 1. The molecule has 1 N–H and O–H groups in total. The van der Waals surface area contributed by atoms with Crippen molar-refractivity contribution >= 4 is 5.91 Å². The maximum Gasteiger partial charge on any atom is 0.239 e. The van der Waals surface area contributed by atoms with Gasteiger partial charge in [-0.3, -0.25) is 4.79 Å². The van der Waals surface area contributed by atoms with E-state index in [2.05, 4.69) is 36.5 Å². The lowest BCUT2D eigenvalue weighted by Crippen LogP contribution is -2.47. The van der Waals surface area contributed by atoms with E-state index in [1.165, 1.54) is 5.56 Å². The van der Waals surface area contributed by atoms with Gasteiger partial charge in [-0.15, -0.1) is 0 Å². The molecule has 0 saturated carbocycles. The fourth-order valence-corrected chi connectivity index (χ4v) is 2.42. The Bertz CT molecular complexity index is 387. The number of hydrogen-bond donors (Lipinski definition) is 1. The Morgan fingerprint density at radius 1 is 1.15 bits per heavy atom. The Labute approximate surface area is 123 Å². The molecule has 0 radical (unpaired) electrons. The van der Waals surface area contributed by atoms with Crippen LogP contribution in [0, 0.1) is 0 Å². The van der Waals surface area contributed by atoms with E-state index in [-0.39, 0.29) is 11.9 Å². The van der Waals surface area contributed by atoms with Gasteiger partial charge in [0.2, 0.25) is 5.91 Å². The summed E-state index contributed by atoms with van der Waals surface area (Å²) in [6, 6.07) is 10.7. The van der Waals surface area contributed by atoms with E-state index in [1.54, 1.807) is 0 Å². The molecule has 3 nitrogen and oxygen atoms in total. The molecule has 1 rings (SSSR count). The zero-order valence-electron chi connectivity index (χ0n) is 13.2. The Balaban J connectivity index is 2.38. The molecular weight excluding hydrogens is 248 g/mol. The zero-order valence-corrected chi connectivity index (χ0v) is 13.2. The Kier molecular flexibility index (Phi) is 7.31. The van der Waals surface area contributed by atoms with Crippen LogP contribution in [0.15, 0.2) is 30.3 Å². The second kappa shape index (κ2) is 8.75. The highest BCUT2D eigenvalue weighted by Gasteiger charge is 2.19. The van der Waals surface area contributed by atoms with Crippen LogP contribution in [-0.4, -0.2) is 36.0 Å². The molecule has 0 bridgehead atoms. The van der Waals surface area contributed by atoms with Crippen LogP contribution in [0.5, 0.6) is 0 Å². The van der Waals surface area contributed by atoms with E-state index < -0.39 is 0 Å². The molecule has 3 heteroatoms. The van der Waals surface area contributed by atoms with Crippen molar-refractivity contribution < 1.29 is 4.79 Å². The van der Waals surface area contributed by atoms with Gasteiger partial charge in [0.1, 0.15) is 0 Å². The van der Waals surface area contributed by atoms with Crippen LogP contribution in [0.2, 0.25) is 0 Å². The monoisotopic (exact) mass is 276 g/mol. The molecule has 0 spiro atoms. The first kappa shape index (κ1) is 16.7. The van der Waals surface area contributed by atoms with Crippen LogP contribution in [0.1, 0.15) is 39.7 Å². The summed E-state index contributed by atoms with van der Waals surface area (Å²) < 4.78 is 0. The number of nitrogens with one attached hydrogen (secondary N) is 1. The van der Waals surface area contributed by atoms with Gasteiger partial charge in [-0.25, -0.2) is 0 Å². The number of rotatable bonds is 8. The fourth-order valence-electron chi connectivity index (χ4n) is 2.42. The molecule has 20 heavy (non-hydrogen) atoms. The van der Waals surface area contributed by atoms with Gasteiger partial charge in [-0.05, 0) is 46.1 Å². The first-order valence-corrected chi connectivity index (χ1v) is 7.67. The lowest BCUT2D eigenvalue weighted by atomic mass is 10.1. The van der Waals surface area contributed by atoms with E-state index in [4.69, 9.17) is 0 Å². The Hall–Kier alpha value is -1.35. The molecule has 0 aromatic heterocycles. The standard InChI is InChI=1S/C17H28N2O/c1-5-19(6-2)17(20)15(4)18-14(3)12-13-16-10-8-7-9-11-16/h7-11,14-15,18H,5-6,12-13H2,1-4H3. The summed E-state index contributed by atoms with van der Waals surface area (Å²) in [4.78, 5) is 14.1. The predicted octanol–water partition coefficient (Wildman–Crippen LogP) is 2.85. The van der Waals surface area contributed by atoms with Crippen molar-refractivity contribution in [2.45, 2.75) is 52.6 Å². The van der Waals surface area contributed by atoms with Crippen molar-refractivity contribution in [3.8, 4) is 0 Å². The van der Waals surface area contributed by atoms with Gasteiger partial charge in [0, 0.05) is 19.1 Å². The van der Waals surface area contributed by atoms with Crippen LogP contribution in [0.4, 0.5) is 0 Å². The zero-order chi connectivity index (χ0) is 15.0. The summed E-state index contributed by atoms with van der Waals surface area (Å²) in [6.07, 6.45) is 2.08. The molecule has 2 atom stereocenters. The topological polar surface area (TPSA) is 32.3 Å². The first-order valence-electron chi connectivity index (χ1n) is 7.67. The van der Waals surface area contributed by atoms with Crippen molar-refractivity contribution in [2.24, 2.45) is 0 Å². The summed E-state index contributed by atoms with van der Waals surface area (Å²) >= 11 is 0. The average Bonchev–Trinajstić information content (AvgIpc) is 2.47. The largest absolute Gasteiger partial charge is 0.342 e. The van der Waals surface area contributed by atoms with Gasteiger partial charge in [-0.2, -0.15) is 0 Å². The van der Waals surface area contributed by atoms with Crippen LogP contribution < -0.4 is 5.32 Å². The lowest BCUT2D eigenvalue weighted by Gasteiger charge is -2.26. The van der Waals surface area contributed by atoms with Crippen molar-refractivity contribution in [1.82, 2.24) is 10.2 Å². The highest BCUT2D eigenvalue weighted by atomic mass is 16.2. The minimum atomic E-state index is -0.110. The van der Waals surface area contributed by atoms with Gasteiger partial charge in [0.05, 0.1) is 6.04 Å². The summed E-state index contributed by atoms with van der Waals surface area (Å²) in [7, 11) is 0. The Morgan fingerprint density at radius 2 is 1.75 bits per heavy atom. The minimum absolute atomic E-state index is 0.110. The van der Waals surface area contributed by atoms with Gasteiger partial charge >= 0.3 is 0 Å². The molecule has 0 fully saturated rings. The van der Waals surface area contributed by atoms with Gasteiger partial charge < -0.3 is 10.2 Å². The third-order valence-electron chi connectivity index (χ3n) is 3.69. The summed E-state index contributed by atoms with van der Waals surface area (Å²) in [5, 5.41) is 3.41. The number of carbonyl (C=O) groups excluding carboxylic acids is 1. The molecular formula is C17H28N2O. The van der Waals surface area contributed by atoms with Gasteiger partial charge in [0.15, 0.2) is 0 Å². The second-order valence-corrected chi connectivity index (χ2v) is 5.32. The number of likely N-dealkylation sites (N-methyl/N-ethyl adjacent to an activating group) is 1. The average molecular weight is 276 g/mol. The molecule has 1 amide bonds. The van der Waals surface area contributed by atoms with Crippen molar-refractivity contribution in [2.75, 3.05) is 13.1 Å². The molecule has 0 aliphatic carbocycles. The van der Waals surface area contributed by atoms with Crippen LogP contribution in [0.25, 0.3) is 0 Å². The number of aryl methyl sites for hydroxylation is 1. The number of hydrogen-bond acceptors (Lipinski definition) is 2. The smallest absolute Gasteiger partial charge is 0.239 e. The van der Waals surface area contributed by atoms with E-state index in [0.717, 1.165) is 25.9 Å². The fraction of sp³-hybridized carbons (Fsp3) is 0.588. The second-order valence-electron chi connectivity index (χ2n) is 5.32. The van der Waals surface area contributed by atoms with E-state index in [9.17, 15) is 4.79 Å². The Morgan fingerprint density at radius 3 is 2.30 bits per heavy atom. The molecule has 0 aliphatic heterocycles. The van der Waals surface area contributed by atoms with Crippen LogP contribution in [0.3, 0.4) is 0 Å². The van der Waals surface area contributed by atoms with Crippen molar-refractivity contribution in [3.05, 3.63) is 35.9 Å². The maximum absolute atomic E-state index is 12.2. The third-order valence-corrected chi connectivity index (χ3v) is 3.69. The quantitative estimate of drug-likeness (QED) is 0.792. The SMILES string of the molecule is CCN(CC)C(=O)C(C)NC(C)CCc1ccccc1. The summed E-state index contributed by atoms with van der Waals surface area (Å²) in [5.41, 5.74) is 1.35. The number of nitrogens with zero attached hydrogens (tertiary/aromatic N) is 1. The molecule has 1 aromatic carbocycles. The molecule has 112 valence electrons. The molecule has 1 aromatic rings. The maximum atomic E-state index is 12.2. The molecule has 0 aliphatic rings. The van der Waals surface area contributed by atoms with Crippen molar-refractivity contribution in [1.29, 1.82) is 0 Å². The van der Waals surface area contributed by atoms with Crippen molar-refractivity contribution in [3.63, 3.8) is 0 Å². The highest BCUT2D eigenvalue weighted by Crippen LogP contribution is 2.06. The molecule has 0 heterocycles. The van der Waals surface area contributed by atoms with Crippen LogP contribution in [-0.2, 0) is 11.2 Å². The molecule has 2 unspecified atom stereocenters. The van der Waals surface area contributed by atoms with E-state index in [1.807, 2.05) is 31.7 Å². The normalized spacial score (nSPS) is 13.8. The predicted molar refractivity (Wildman–Crippen MR) is 84.8 cm³/mol. The van der Waals surface area contributed by atoms with Crippen LogP contribution >= 0.6 is 0 Å². The summed E-state index contributed by atoms with van der Waals surface area (Å²) in [5.74, 6) is 0.196. The lowest BCUT2D eigenvalue weighted by molar-refractivity contribution is -0.132. The number of carbonyl (C=O) groups is 1.